The number of rotatable bonds is 5. The second-order valence-electron chi connectivity index (χ2n) is 6.24. The molecular formula is C18H20Cl2FN3O2. The minimum Gasteiger partial charge on any atom is -0.452 e. The summed E-state index contributed by atoms with van der Waals surface area (Å²) in [6.07, 6.45) is 1.46. The van der Waals surface area contributed by atoms with Crippen LogP contribution in [0.1, 0.15) is 27.2 Å². The van der Waals surface area contributed by atoms with Gasteiger partial charge in [-0.15, -0.1) is 0 Å². The summed E-state index contributed by atoms with van der Waals surface area (Å²) in [6.45, 7) is 5.66. The van der Waals surface area contributed by atoms with E-state index in [2.05, 4.69) is 10.3 Å². The predicted octanol–water partition coefficient (Wildman–Crippen LogP) is 6.03. The van der Waals surface area contributed by atoms with Gasteiger partial charge in [0.15, 0.2) is 0 Å². The van der Waals surface area contributed by atoms with Crippen LogP contribution in [0.15, 0.2) is 30.5 Å². The molecule has 0 aliphatic carbocycles. The van der Waals surface area contributed by atoms with Crippen molar-refractivity contribution in [3.05, 3.63) is 46.3 Å². The molecule has 0 unspecified atom stereocenters. The normalized spacial score (nSPS) is 11.2. The van der Waals surface area contributed by atoms with Gasteiger partial charge in [-0.3, -0.25) is 4.90 Å². The summed E-state index contributed by atoms with van der Waals surface area (Å²) in [7, 11) is 1.28. The molecule has 0 bridgehead atoms. The quantitative estimate of drug-likeness (QED) is 0.666. The van der Waals surface area contributed by atoms with Crippen LogP contribution in [0.2, 0.25) is 10.0 Å². The van der Waals surface area contributed by atoms with Crippen LogP contribution in [-0.4, -0.2) is 23.7 Å². The zero-order valence-electron chi connectivity index (χ0n) is 14.9. The molecule has 1 aromatic heterocycles. The van der Waals surface area contributed by atoms with Gasteiger partial charge in [0.2, 0.25) is 0 Å². The molecule has 5 nitrogen and oxygen atoms in total. The SMILES string of the molecule is CCC(C)(C)N(C(=O)OC)c1cc(F)ccc1Nc1ncc(Cl)cc1Cl. The number of hydrogen-bond acceptors (Lipinski definition) is 4. The molecule has 1 aromatic carbocycles. The maximum Gasteiger partial charge on any atom is 0.414 e. The standard InChI is InChI=1S/C18H20Cl2FN3O2/c1-5-18(2,3)24(17(25)26-4)15-9-12(21)6-7-14(15)23-16-13(20)8-11(19)10-22-16/h6-10H,5H2,1-4H3,(H,22,23). The first-order chi connectivity index (χ1) is 12.2. The summed E-state index contributed by atoms with van der Waals surface area (Å²) in [5.41, 5.74) is 0.153. The molecule has 8 heteroatoms. The zero-order valence-corrected chi connectivity index (χ0v) is 16.5. The fourth-order valence-electron chi connectivity index (χ4n) is 2.35. The van der Waals surface area contributed by atoms with E-state index >= 15 is 0 Å². The van der Waals surface area contributed by atoms with Crippen molar-refractivity contribution in [1.82, 2.24) is 4.98 Å². The highest BCUT2D eigenvalue weighted by molar-refractivity contribution is 6.36. The van der Waals surface area contributed by atoms with Crippen molar-refractivity contribution in [3.8, 4) is 0 Å². The van der Waals surface area contributed by atoms with Gasteiger partial charge in [0.25, 0.3) is 0 Å². The zero-order chi connectivity index (χ0) is 19.5. The molecule has 0 aliphatic heterocycles. The van der Waals surface area contributed by atoms with Gasteiger partial charge in [0.1, 0.15) is 11.6 Å². The van der Waals surface area contributed by atoms with Gasteiger partial charge in [0.05, 0.1) is 28.5 Å². The smallest absolute Gasteiger partial charge is 0.414 e. The fourth-order valence-corrected chi connectivity index (χ4v) is 2.78. The van der Waals surface area contributed by atoms with Gasteiger partial charge < -0.3 is 10.1 Å². The van der Waals surface area contributed by atoms with E-state index in [1.54, 1.807) is 0 Å². The first-order valence-corrected chi connectivity index (χ1v) is 8.71. The number of pyridine rings is 1. The summed E-state index contributed by atoms with van der Waals surface area (Å²) in [5.74, 6) is -0.149. The number of amides is 1. The van der Waals surface area contributed by atoms with Crippen molar-refractivity contribution in [3.63, 3.8) is 0 Å². The number of carbonyl (C=O) groups excluding carboxylic acids is 1. The Kier molecular flexibility index (Phi) is 6.31. The lowest BCUT2D eigenvalue weighted by Gasteiger charge is -2.37. The molecule has 2 aromatic rings. The van der Waals surface area contributed by atoms with Crippen LogP contribution in [0.4, 0.5) is 26.4 Å². The van der Waals surface area contributed by atoms with Crippen LogP contribution in [0.25, 0.3) is 0 Å². The number of nitrogens with one attached hydrogen (secondary N) is 1. The molecule has 0 saturated heterocycles. The molecule has 0 atom stereocenters. The molecule has 1 amide bonds. The molecule has 0 radical (unpaired) electrons. The van der Waals surface area contributed by atoms with E-state index in [-0.39, 0.29) is 0 Å². The van der Waals surface area contributed by atoms with Crippen molar-refractivity contribution in [2.24, 2.45) is 0 Å². The van der Waals surface area contributed by atoms with Crippen molar-refractivity contribution >= 4 is 46.5 Å². The van der Waals surface area contributed by atoms with Crippen LogP contribution in [0, 0.1) is 5.82 Å². The summed E-state index contributed by atoms with van der Waals surface area (Å²) in [4.78, 5) is 18.0. The molecule has 1 heterocycles. The third-order valence-corrected chi connectivity index (χ3v) is 4.58. The maximum atomic E-state index is 14.0. The highest BCUT2D eigenvalue weighted by Crippen LogP contribution is 2.37. The van der Waals surface area contributed by atoms with E-state index in [1.807, 2.05) is 20.8 Å². The van der Waals surface area contributed by atoms with Gasteiger partial charge in [-0.25, -0.2) is 14.2 Å². The largest absolute Gasteiger partial charge is 0.452 e. The summed E-state index contributed by atoms with van der Waals surface area (Å²) >= 11 is 12.0. The molecular weight excluding hydrogens is 380 g/mol. The van der Waals surface area contributed by atoms with Crippen LogP contribution in [0.5, 0.6) is 0 Å². The van der Waals surface area contributed by atoms with Gasteiger partial charge in [-0.2, -0.15) is 0 Å². The number of halogens is 3. The van der Waals surface area contributed by atoms with Crippen LogP contribution in [0.3, 0.4) is 0 Å². The topological polar surface area (TPSA) is 54.5 Å². The van der Waals surface area contributed by atoms with Crippen molar-refractivity contribution < 1.29 is 13.9 Å². The lowest BCUT2D eigenvalue weighted by molar-refractivity contribution is 0.171. The molecule has 0 saturated carbocycles. The lowest BCUT2D eigenvalue weighted by atomic mass is 9.98. The van der Waals surface area contributed by atoms with E-state index < -0.39 is 17.4 Å². The summed E-state index contributed by atoms with van der Waals surface area (Å²) in [6, 6.07) is 5.60. The first-order valence-electron chi connectivity index (χ1n) is 7.95. The number of carbonyl (C=O) groups is 1. The van der Waals surface area contributed by atoms with E-state index in [0.29, 0.717) is 33.7 Å². The van der Waals surface area contributed by atoms with E-state index in [4.69, 9.17) is 27.9 Å². The Hall–Kier alpha value is -2.05. The number of aromatic nitrogens is 1. The molecule has 0 aliphatic rings. The Morgan fingerprint density at radius 3 is 2.62 bits per heavy atom. The maximum absolute atomic E-state index is 14.0. The van der Waals surface area contributed by atoms with E-state index in [0.717, 1.165) is 0 Å². The Morgan fingerprint density at radius 1 is 1.35 bits per heavy atom. The number of benzene rings is 1. The first kappa shape index (κ1) is 20.3. The number of methoxy groups -OCH3 is 1. The third kappa shape index (κ3) is 4.37. The fraction of sp³-hybridized carbons (Fsp3) is 0.333. The Labute approximate surface area is 162 Å². The average molecular weight is 400 g/mol. The highest BCUT2D eigenvalue weighted by Gasteiger charge is 2.33. The molecule has 140 valence electrons. The minimum atomic E-state index is -0.617. The third-order valence-electron chi connectivity index (χ3n) is 4.09. The van der Waals surface area contributed by atoms with Gasteiger partial charge in [0, 0.05) is 11.7 Å². The molecule has 1 N–H and O–H groups in total. The number of anilines is 3. The van der Waals surface area contributed by atoms with Crippen molar-refractivity contribution in [1.29, 1.82) is 0 Å². The molecule has 0 fully saturated rings. The number of nitrogens with zero attached hydrogens (tertiary/aromatic N) is 2. The van der Waals surface area contributed by atoms with Crippen LogP contribution in [-0.2, 0) is 4.74 Å². The highest BCUT2D eigenvalue weighted by atomic mass is 35.5. The van der Waals surface area contributed by atoms with Gasteiger partial charge in [-0.05, 0) is 44.5 Å². The van der Waals surface area contributed by atoms with Crippen LogP contribution >= 0.6 is 23.2 Å². The number of ether oxygens (including phenoxy) is 1. The minimum absolute atomic E-state index is 0.298. The molecule has 2 rings (SSSR count). The Balaban J connectivity index is 2.56. The van der Waals surface area contributed by atoms with Gasteiger partial charge >= 0.3 is 6.09 Å². The number of hydrogen-bond donors (Lipinski definition) is 1. The van der Waals surface area contributed by atoms with Crippen molar-refractivity contribution in [2.45, 2.75) is 32.7 Å². The second kappa shape index (κ2) is 8.10. The van der Waals surface area contributed by atoms with Crippen LogP contribution < -0.4 is 10.2 Å². The van der Waals surface area contributed by atoms with Gasteiger partial charge in [-0.1, -0.05) is 30.1 Å². The lowest BCUT2D eigenvalue weighted by Crippen LogP contribution is -2.48. The molecule has 26 heavy (non-hydrogen) atoms. The predicted molar refractivity (Wildman–Crippen MR) is 103 cm³/mol. The average Bonchev–Trinajstić information content (AvgIpc) is 2.59. The van der Waals surface area contributed by atoms with E-state index in [1.165, 1.54) is 42.5 Å². The Bertz CT molecular complexity index is 815. The van der Waals surface area contributed by atoms with Crippen molar-refractivity contribution in [2.75, 3.05) is 17.3 Å². The second-order valence-corrected chi connectivity index (χ2v) is 7.09. The van der Waals surface area contributed by atoms with E-state index in [9.17, 15) is 9.18 Å². The monoisotopic (exact) mass is 399 g/mol. The molecule has 0 spiro atoms. The summed E-state index contributed by atoms with van der Waals surface area (Å²) in [5, 5.41) is 3.72. The Morgan fingerprint density at radius 2 is 2.04 bits per heavy atom. The summed E-state index contributed by atoms with van der Waals surface area (Å²) < 4.78 is 18.9.